The lowest BCUT2D eigenvalue weighted by atomic mass is 10.2. The van der Waals surface area contributed by atoms with E-state index in [2.05, 4.69) is 15.5 Å². The lowest BCUT2D eigenvalue weighted by molar-refractivity contribution is -0.116. The summed E-state index contributed by atoms with van der Waals surface area (Å²) < 4.78 is 15.3. The van der Waals surface area contributed by atoms with Crippen molar-refractivity contribution in [3.8, 4) is 17.1 Å². The molecule has 0 saturated carbocycles. The largest absolute Gasteiger partial charge is 0.497 e. The topological polar surface area (TPSA) is 104 Å². The van der Waals surface area contributed by atoms with Gasteiger partial charge in [-0.2, -0.15) is 4.98 Å². The molecule has 3 aromatic rings. The molecule has 0 saturated heterocycles. The molecule has 0 fully saturated rings. The van der Waals surface area contributed by atoms with Gasteiger partial charge in [0.2, 0.25) is 17.6 Å². The lowest BCUT2D eigenvalue weighted by Crippen LogP contribution is -2.12. The normalized spacial score (nSPS) is 10.5. The van der Waals surface area contributed by atoms with E-state index >= 15 is 0 Å². The van der Waals surface area contributed by atoms with E-state index in [0.717, 1.165) is 11.3 Å². The van der Waals surface area contributed by atoms with Crippen LogP contribution in [0.25, 0.3) is 11.4 Å². The van der Waals surface area contributed by atoms with E-state index < -0.39 is 0 Å². The number of hydrogen-bond acceptors (Lipinski definition) is 7. The van der Waals surface area contributed by atoms with Crippen LogP contribution in [0, 0.1) is 0 Å². The zero-order chi connectivity index (χ0) is 21.3. The minimum absolute atomic E-state index is 0.131. The number of nitrogens with zero attached hydrogens (tertiary/aromatic N) is 2. The summed E-state index contributed by atoms with van der Waals surface area (Å²) in [5, 5.41) is 6.78. The second-order valence-electron chi connectivity index (χ2n) is 6.44. The van der Waals surface area contributed by atoms with Crippen LogP contribution in [-0.4, -0.2) is 35.7 Å². The number of anilines is 1. The van der Waals surface area contributed by atoms with Gasteiger partial charge in [0.1, 0.15) is 5.75 Å². The van der Waals surface area contributed by atoms with E-state index in [4.69, 9.17) is 14.0 Å². The van der Waals surface area contributed by atoms with Crippen LogP contribution in [0.2, 0.25) is 0 Å². The molecule has 1 aromatic heterocycles. The molecule has 0 atom stereocenters. The Morgan fingerprint density at radius 3 is 2.47 bits per heavy atom. The van der Waals surface area contributed by atoms with E-state index in [1.165, 1.54) is 0 Å². The first kappa shape index (κ1) is 21.0. The van der Waals surface area contributed by atoms with E-state index in [1.54, 1.807) is 38.3 Å². The lowest BCUT2D eigenvalue weighted by Gasteiger charge is -2.06. The monoisotopic (exact) mass is 409 g/mol. The first-order valence-electron chi connectivity index (χ1n) is 9.63. The van der Waals surface area contributed by atoms with Gasteiger partial charge < -0.3 is 19.3 Å². The Morgan fingerprint density at radius 2 is 1.80 bits per heavy atom. The van der Waals surface area contributed by atoms with Crippen molar-refractivity contribution < 1.29 is 23.6 Å². The van der Waals surface area contributed by atoms with Crippen LogP contribution in [0.5, 0.6) is 5.75 Å². The van der Waals surface area contributed by atoms with Gasteiger partial charge in [0.05, 0.1) is 19.3 Å². The van der Waals surface area contributed by atoms with Gasteiger partial charge in [0.25, 0.3) is 0 Å². The third kappa shape index (κ3) is 5.66. The van der Waals surface area contributed by atoms with Crippen LogP contribution in [0.1, 0.15) is 36.0 Å². The molecular weight excluding hydrogens is 386 g/mol. The maximum atomic E-state index is 12.1. The molecule has 0 radical (unpaired) electrons. The Bertz CT molecular complexity index is 981. The zero-order valence-corrected chi connectivity index (χ0v) is 16.9. The number of methoxy groups -OCH3 is 1. The number of rotatable bonds is 9. The predicted molar refractivity (Wildman–Crippen MR) is 110 cm³/mol. The van der Waals surface area contributed by atoms with Gasteiger partial charge in [-0.25, -0.2) is 4.79 Å². The van der Waals surface area contributed by atoms with Gasteiger partial charge in [0.15, 0.2) is 0 Å². The van der Waals surface area contributed by atoms with Crippen molar-refractivity contribution in [3.05, 3.63) is 60.0 Å². The van der Waals surface area contributed by atoms with Crippen molar-refractivity contribution in [2.45, 2.75) is 26.2 Å². The standard InChI is InChI=1S/C22H23N3O5/c1-3-29-22(27)16-7-11-17(12-8-16)23-19(26)5-4-6-20-24-21(25-30-20)15-9-13-18(28-2)14-10-15/h7-14H,3-6H2,1-2H3,(H,23,26). The van der Waals surface area contributed by atoms with Gasteiger partial charge in [-0.05, 0) is 61.9 Å². The summed E-state index contributed by atoms with van der Waals surface area (Å²) in [6.07, 6.45) is 1.37. The van der Waals surface area contributed by atoms with Crippen LogP contribution in [-0.2, 0) is 16.0 Å². The number of nitrogens with one attached hydrogen (secondary N) is 1. The highest BCUT2D eigenvalue weighted by atomic mass is 16.5. The molecule has 1 N–H and O–H groups in total. The Balaban J connectivity index is 1.45. The molecular formula is C22H23N3O5. The summed E-state index contributed by atoms with van der Waals surface area (Å²) in [5.41, 5.74) is 1.89. The van der Waals surface area contributed by atoms with Crippen LogP contribution in [0.15, 0.2) is 53.1 Å². The molecule has 0 spiro atoms. The molecule has 156 valence electrons. The van der Waals surface area contributed by atoms with Gasteiger partial charge in [-0.3, -0.25) is 4.79 Å². The van der Waals surface area contributed by atoms with Crippen molar-refractivity contribution in [3.63, 3.8) is 0 Å². The number of hydrogen-bond donors (Lipinski definition) is 1. The first-order valence-corrected chi connectivity index (χ1v) is 9.63. The SMILES string of the molecule is CCOC(=O)c1ccc(NC(=O)CCCc2nc(-c3ccc(OC)cc3)no2)cc1. The molecule has 2 aromatic carbocycles. The van der Waals surface area contributed by atoms with Crippen molar-refractivity contribution in [2.75, 3.05) is 19.0 Å². The highest BCUT2D eigenvalue weighted by molar-refractivity contribution is 5.93. The number of amides is 1. The minimum Gasteiger partial charge on any atom is -0.497 e. The third-order valence-electron chi connectivity index (χ3n) is 4.29. The van der Waals surface area contributed by atoms with Crippen molar-refractivity contribution >= 4 is 17.6 Å². The number of benzene rings is 2. The molecule has 0 bridgehead atoms. The molecule has 3 rings (SSSR count). The fourth-order valence-corrected chi connectivity index (χ4v) is 2.74. The Hall–Kier alpha value is -3.68. The van der Waals surface area contributed by atoms with E-state index in [0.29, 0.717) is 48.8 Å². The number of ether oxygens (including phenoxy) is 2. The number of esters is 1. The Morgan fingerprint density at radius 1 is 1.07 bits per heavy atom. The van der Waals surface area contributed by atoms with Crippen LogP contribution in [0.3, 0.4) is 0 Å². The minimum atomic E-state index is -0.385. The molecule has 0 aliphatic carbocycles. The molecule has 0 aliphatic rings. The van der Waals surface area contributed by atoms with Crippen molar-refractivity contribution in [2.24, 2.45) is 0 Å². The van der Waals surface area contributed by atoms with Gasteiger partial charge >= 0.3 is 5.97 Å². The maximum Gasteiger partial charge on any atom is 0.338 e. The highest BCUT2D eigenvalue weighted by Gasteiger charge is 2.11. The Labute approximate surface area is 174 Å². The first-order chi connectivity index (χ1) is 14.6. The van der Waals surface area contributed by atoms with Crippen LogP contribution >= 0.6 is 0 Å². The second kappa shape index (κ2) is 10.2. The molecule has 8 heteroatoms. The molecule has 0 unspecified atom stereocenters. The maximum absolute atomic E-state index is 12.1. The number of aryl methyl sites for hydroxylation is 1. The van der Waals surface area contributed by atoms with E-state index in [-0.39, 0.29) is 11.9 Å². The summed E-state index contributed by atoms with van der Waals surface area (Å²) in [6.45, 7) is 2.07. The number of aromatic nitrogens is 2. The highest BCUT2D eigenvalue weighted by Crippen LogP contribution is 2.20. The summed E-state index contributed by atoms with van der Waals surface area (Å²) >= 11 is 0. The predicted octanol–water partition coefficient (Wildman–Crippen LogP) is 3.88. The third-order valence-corrected chi connectivity index (χ3v) is 4.29. The average molecular weight is 409 g/mol. The molecule has 1 heterocycles. The smallest absolute Gasteiger partial charge is 0.338 e. The molecule has 1 amide bonds. The van der Waals surface area contributed by atoms with Gasteiger partial charge in [-0.15, -0.1) is 0 Å². The van der Waals surface area contributed by atoms with Crippen molar-refractivity contribution in [1.82, 2.24) is 10.1 Å². The van der Waals surface area contributed by atoms with Gasteiger partial charge in [0, 0.05) is 24.1 Å². The van der Waals surface area contributed by atoms with Gasteiger partial charge in [-0.1, -0.05) is 5.16 Å². The van der Waals surface area contributed by atoms with Crippen LogP contribution < -0.4 is 10.1 Å². The zero-order valence-electron chi connectivity index (χ0n) is 16.9. The fourth-order valence-electron chi connectivity index (χ4n) is 2.74. The average Bonchev–Trinajstić information content (AvgIpc) is 3.23. The second-order valence-corrected chi connectivity index (χ2v) is 6.44. The fraction of sp³-hybridized carbons (Fsp3) is 0.273. The summed E-state index contributed by atoms with van der Waals surface area (Å²) in [7, 11) is 1.61. The summed E-state index contributed by atoms with van der Waals surface area (Å²) in [5.74, 6) is 1.22. The molecule has 30 heavy (non-hydrogen) atoms. The number of carbonyl (C=O) groups is 2. The number of carbonyl (C=O) groups excluding carboxylic acids is 2. The van der Waals surface area contributed by atoms with Crippen LogP contribution in [0.4, 0.5) is 5.69 Å². The van der Waals surface area contributed by atoms with Crippen molar-refractivity contribution in [1.29, 1.82) is 0 Å². The quantitative estimate of drug-likeness (QED) is 0.535. The Kier molecular flexibility index (Phi) is 7.15. The molecule has 0 aliphatic heterocycles. The van der Waals surface area contributed by atoms with E-state index in [9.17, 15) is 9.59 Å². The summed E-state index contributed by atoms with van der Waals surface area (Å²) in [4.78, 5) is 28.1. The summed E-state index contributed by atoms with van der Waals surface area (Å²) in [6, 6.07) is 13.9. The van der Waals surface area contributed by atoms with E-state index in [1.807, 2.05) is 24.3 Å². The molecule has 8 nitrogen and oxygen atoms in total.